The highest BCUT2D eigenvalue weighted by Gasteiger charge is 2.08. The molecule has 19 heavy (non-hydrogen) atoms. The molecule has 0 saturated heterocycles. The van der Waals surface area contributed by atoms with E-state index in [1.807, 2.05) is 23.3 Å². The van der Waals surface area contributed by atoms with Crippen molar-refractivity contribution in [3.05, 3.63) is 35.9 Å². The van der Waals surface area contributed by atoms with Gasteiger partial charge in [0.25, 0.3) is 0 Å². The standard InChI is InChI=1S/C15H22N4/c1-4-6-16-8-13-7-14(10-17-9-13)15-11-18-19(5-2)12(15)3/h7,9-11,16H,4-6,8H2,1-3H3. The largest absolute Gasteiger partial charge is 0.313 e. The Morgan fingerprint density at radius 3 is 2.74 bits per heavy atom. The third-order valence-electron chi connectivity index (χ3n) is 3.26. The van der Waals surface area contributed by atoms with E-state index in [1.54, 1.807) is 0 Å². The molecule has 0 radical (unpaired) electrons. The normalized spacial score (nSPS) is 10.9. The fraction of sp³-hybridized carbons (Fsp3) is 0.467. The molecular weight excluding hydrogens is 236 g/mol. The maximum atomic E-state index is 4.39. The number of rotatable bonds is 6. The summed E-state index contributed by atoms with van der Waals surface area (Å²) in [5.74, 6) is 0. The molecule has 0 atom stereocenters. The quantitative estimate of drug-likeness (QED) is 0.810. The second-order valence-electron chi connectivity index (χ2n) is 4.72. The van der Waals surface area contributed by atoms with Gasteiger partial charge in [-0.3, -0.25) is 9.67 Å². The summed E-state index contributed by atoms with van der Waals surface area (Å²) in [4.78, 5) is 4.34. The van der Waals surface area contributed by atoms with Crippen LogP contribution in [0.2, 0.25) is 0 Å². The average molecular weight is 258 g/mol. The summed E-state index contributed by atoms with van der Waals surface area (Å²) >= 11 is 0. The van der Waals surface area contributed by atoms with Crippen LogP contribution in [0.1, 0.15) is 31.5 Å². The first kappa shape index (κ1) is 13.7. The summed E-state index contributed by atoms with van der Waals surface area (Å²) in [6, 6.07) is 2.19. The van der Waals surface area contributed by atoms with Gasteiger partial charge in [-0.2, -0.15) is 5.10 Å². The molecule has 0 aliphatic carbocycles. The van der Waals surface area contributed by atoms with Crippen LogP contribution in [0.15, 0.2) is 24.7 Å². The van der Waals surface area contributed by atoms with Crippen molar-refractivity contribution in [1.82, 2.24) is 20.1 Å². The van der Waals surface area contributed by atoms with Gasteiger partial charge in [-0.05, 0) is 38.4 Å². The summed E-state index contributed by atoms with van der Waals surface area (Å²) in [7, 11) is 0. The molecule has 2 aromatic heterocycles. The summed E-state index contributed by atoms with van der Waals surface area (Å²) in [5, 5.41) is 7.79. The Balaban J connectivity index is 2.20. The fourth-order valence-corrected chi connectivity index (χ4v) is 2.19. The maximum absolute atomic E-state index is 4.39. The fourth-order valence-electron chi connectivity index (χ4n) is 2.19. The van der Waals surface area contributed by atoms with Gasteiger partial charge in [-0.1, -0.05) is 6.92 Å². The predicted octanol–water partition coefficient (Wildman–Crippen LogP) is 2.77. The first-order chi connectivity index (χ1) is 9.26. The molecule has 0 aromatic carbocycles. The van der Waals surface area contributed by atoms with Gasteiger partial charge in [0, 0.05) is 42.3 Å². The Hall–Kier alpha value is -1.68. The minimum Gasteiger partial charge on any atom is -0.313 e. The summed E-state index contributed by atoms with van der Waals surface area (Å²) < 4.78 is 2.01. The second-order valence-corrected chi connectivity index (χ2v) is 4.72. The van der Waals surface area contributed by atoms with Gasteiger partial charge < -0.3 is 5.32 Å². The van der Waals surface area contributed by atoms with Crippen LogP contribution >= 0.6 is 0 Å². The van der Waals surface area contributed by atoms with Crippen molar-refractivity contribution in [2.45, 2.75) is 40.3 Å². The molecule has 102 valence electrons. The maximum Gasteiger partial charge on any atom is 0.0571 e. The highest BCUT2D eigenvalue weighted by atomic mass is 15.3. The Bertz CT molecular complexity index is 531. The molecule has 0 aliphatic rings. The summed E-state index contributed by atoms with van der Waals surface area (Å²) in [6.45, 7) is 9.19. The van der Waals surface area contributed by atoms with E-state index in [0.29, 0.717) is 0 Å². The van der Waals surface area contributed by atoms with Gasteiger partial charge in [0.1, 0.15) is 0 Å². The molecule has 4 heteroatoms. The van der Waals surface area contributed by atoms with E-state index in [-0.39, 0.29) is 0 Å². The van der Waals surface area contributed by atoms with Crippen LogP contribution in [0, 0.1) is 6.92 Å². The Labute approximate surface area is 114 Å². The van der Waals surface area contributed by atoms with E-state index in [4.69, 9.17) is 0 Å². The summed E-state index contributed by atoms with van der Waals surface area (Å²) in [6.07, 6.45) is 6.91. The zero-order valence-electron chi connectivity index (χ0n) is 12.0. The van der Waals surface area contributed by atoms with Crippen molar-refractivity contribution >= 4 is 0 Å². The highest BCUT2D eigenvalue weighted by molar-refractivity contribution is 5.64. The van der Waals surface area contributed by atoms with Crippen LogP contribution in [0.4, 0.5) is 0 Å². The smallest absolute Gasteiger partial charge is 0.0571 e. The van der Waals surface area contributed by atoms with Crippen LogP contribution < -0.4 is 5.32 Å². The molecular formula is C15H22N4. The lowest BCUT2D eigenvalue weighted by Gasteiger charge is -2.06. The van der Waals surface area contributed by atoms with Crippen LogP contribution in [-0.2, 0) is 13.1 Å². The molecule has 0 unspecified atom stereocenters. The lowest BCUT2D eigenvalue weighted by molar-refractivity contribution is 0.640. The SMILES string of the molecule is CCCNCc1cncc(-c2cnn(CC)c2C)c1. The molecule has 2 heterocycles. The van der Waals surface area contributed by atoms with Crippen molar-refractivity contribution in [3.8, 4) is 11.1 Å². The number of hydrogen-bond acceptors (Lipinski definition) is 3. The van der Waals surface area contributed by atoms with Crippen molar-refractivity contribution in [2.24, 2.45) is 0 Å². The average Bonchev–Trinajstić information content (AvgIpc) is 2.80. The second kappa shape index (κ2) is 6.48. The van der Waals surface area contributed by atoms with Crippen molar-refractivity contribution in [1.29, 1.82) is 0 Å². The minimum atomic E-state index is 0.871. The summed E-state index contributed by atoms with van der Waals surface area (Å²) in [5.41, 5.74) is 4.73. The first-order valence-corrected chi connectivity index (χ1v) is 6.93. The number of nitrogens with one attached hydrogen (secondary N) is 1. The lowest BCUT2D eigenvalue weighted by atomic mass is 10.1. The lowest BCUT2D eigenvalue weighted by Crippen LogP contribution is -2.13. The minimum absolute atomic E-state index is 0.871. The van der Waals surface area contributed by atoms with E-state index < -0.39 is 0 Å². The monoisotopic (exact) mass is 258 g/mol. The van der Waals surface area contributed by atoms with E-state index in [9.17, 15) is 0 Å². The molecule has 0 fully saturated rings. The van der Waals surface area contributed by atoms with Gasteiger partial charge in [-0.25, -0.2) is 0 Å². The van der Waals surface area contributed by atoms with E-state index in [1.165, 1.54) is 16.8 Å². The van der Waals surface area contributed by atoms with Crippen LogP contribution in [0.3, 0.4) is 0 Å². The topological polar surface area (TPSA) is 42.7 Å². The van der Waals surface area contributed by atoms with Crippen LogP contribution in [-0.4, -0.2) is 21.3 Å². The number of pyridine rings is 1. The van der Waals surface area contributed by atoms with Crippen molar-refractivity contribution in [3.63, 3.8) is 0 Å². The first-order valence-electron chi connectivity index (χ1n) is 6.93. The van der Waals surface area contributed by atoms with Gasteiger partial charge in [0.05, 0.1) is 6.20 Å². The molecule has 2 aromatic rings. The van der Waals surface area contributed by atoms with Crippen molar-refractivity contribution in [2.75, 3.05) is 6.54 Å². The van der Waals surface area contributed by atoms with E-state index in [0.717, 1.165) is 31.6 Å². The Morgan fingerprint density at radius 1 is 1.21 bits per heavy atom. The number of nitrogens with zero attached hydrogens (tertiary/aromatic N) is 3. The third-order valence-corrected chi connectivity index (χ3v) is 3.26. The number of aryl methyl sites for hydroxylation is 1. The Kier molecular flexibility index (Phi) is 4.68. The van der Waals surface area contributed by atoms with Crippen LogP contribution in [0.5, 0.6) is 0 Å². The third kappa shape index (κ3) is 3.20. The molecule has 0 saturated carbocycles. The molecule has 2 rings (SSSR count). The van der Waals surface area contributed by atoms with E-state index >= 15 is 0 Å². The van der Waals surface area contributed by atoms with Gasteiger partial charge in [0.2, 0.25) is 0 Å². The zero-order valence-corrected chi connectivity index (χ0v) is 12.0. The molecule has 1 N–H and O–H groups in total. The molecule has 0 aliphatic heterocycles. The zero-order chi connectivity index (χ0) is 13.7. The molecule has 0 bridgehead atoms. The Morgan fingerprint density at radius 2 is 2.05 bits per heavy atom. The van der Waals surface area contributed by atoms with Gasteiger partial charge in [-0.15, -0.1) is 0 Å². The van der Waals surface area contributed by atoms with Gasteiger partial charge >= 0.3 is 0 Å². The van der Waals surface area contributed by atoms with Crippen molar-refractivity contribution < 1.29 is 0 Å². The predicted molar refractivity (Wildman–Crippen MR) is 77.9 cm³/mol. The van der Waals surface area contributed by atoms with Crippen LogP contribution in [0.25, 0.3) is 11.1 Å². The number of hydrogen-bond donors (Lipinski definition) is 1. The molecule has 4 nitrogen and oxygen atoms in total. The number of aromatic nitrogens is 3. The molecule has 0 amide bonds. The van der Waals surface area contributed by atoms with E-state index in [2.05, 4.69) is 42.2 Å². The molecule has 0 spiro atoms. The highest BCUT2D eigenvalue weighted by Crippen LogP contribution is 2.23. The van der Waals surface area contributed by atoms with Gasteiger partial charge in [0.15, 0.2) is 0 Å².